The predicted molar refractivity (Wildman–Crippen MR) is 83.9 cm³/mol. The number of hydrogen-bond acceptors (Lipinski definition) is 1. The third kappa shape index (κ3) is 4.24. The SMILES string of the molecule is [Pt].[c-]1ccccc1-c1ccc(/C=C/c2ccccc2)cn1. The van der Waals surface area contributed by atoms with Crippen molar-refractivity contribution in [1.29, 1.82) is 0 Å². The summed E-state index contributed by atoms with van der Waals surface area (Å²) in [6.07, 6.45) is 6.04. The van der Waals surface area contributed by atoms with Crippen molar-refractivity contribution >= 4 is 12.2 Å². The summed E-state index contributed by atoms with van der Waals surface area (Å²) >= 11 is 0. The Morgan fingerprint density at radius 1 is 0.762 bits per heavy atom. The van der Waals surface area contributed by atoms with Crippen molar-refractivity contribution < 1.29 is 21.1 Å². The van der Waals surface area contributed by atoms with Gasteiger partial charge in [-0.1, -0.05) is 54.6 Å². The van der Waals surface area contributed by atoms with Crippen LogP contribution in [0.4, 0.5) is 0 Å². The van der Waals surface area contributed by atoms with Gasteiger partial charge in [0.2, 0.25) is 0 Å². The standard InChI is InChI=1S/C19H14N.Pt/c1-3-7-16(8-4-1)11-12-17-13-14-19(20-15-17)18-9-5-2-6-10-18;/h1-9,11-15H;/q-1;/b12-11+;. The van der Waals surface area contributed by atoms with Crippen LogP contribution in [0.25, 0.3) is 23.4 Å². The molecule has 0 radical (unpaired) electrons. The zero-order chi connectivity index (χ0) is 13.6. The monoisotopic (exact) mass is 451 g/mol. The first-order valence-electron chi connectivity index (χ1n) is 6.58. The predicted octanol–water partition coefficient (Wildman–Crippen LogP) is 4.72. The van der Waals surface area contributed by atoms with E-state index in [9.17, 15) is 0 Å². The smallest absolute Gasteiger partial charge is 0.0233 e. The van der Waals surface area contributed by atoms with Gasteiger partial charge in [-0.15, -0.1) is 35.9 Å². The largest absolute Gasteiger partial charge is 0.304 e. The van der Waals surface area contributed by atoms with Crippen LogP contribution >= 0.6 is 0 Å². The molecule has 0 aliphatic heterocycles. The average molecular weight is 451 g/mol. The second-order valence-corrected chi connectivity index (χ2v) is 4.50. The van der Waals surface area contributed by atoms with Crippen molar-refractivity contribution in [3.05, 3.63) is 90.1 Å². The van der Waals surface area contributed by atoms with E-state index in [1.165, 1.54) is 5.56 Å². The van der Waals surface area contributed by atoms with Crippen molar-refractivity contribution in [2.75, 3.05) is 0 Å². The van der Waals surface area contributed by atoms with Gasteiger partial charge in [0.25, 0.3) is 0 Å². The fourth-order valence-electron chi connectivity index (χ4n) is 1.97. The zero-order valence-electron chi connectivity index (χ0n) is 11.3. The summed E-state index contributed by atoms with van der Waals surface area (Å²) in [6.45, 7) is 0. The van der Waals surface area contributed by atoms with Gasteiger partial charge in [-0.05, 0) is 16.8 Å². The van der Waals surface area contributed by atoms with Crippen molar-refractivity contribution in [2.24, 2.45) is 0 Å². The third-order valence-electron chi connectivity index (χ3n) is 3.04. The first-order valence-corrected chi connectivity index (χ1v) is 6.58. The number of hydrogen-bond donors (Lipinski definition) is 0. The molecule has 3 aromatic rings. The van der Waals surface area contributed by atoms with Crippen LogP contribution in [-0.2, 0) is 21.1 Å². The number of benzene rings is 2. The third-order valence-corrected chi connectivity index (χ3v) is 3.04. The Morgan fingerprint density at radius 3 is 2.19 bits per heavy atom. The molecule has 0 aliphatic rings. The molecule has 1 heterocycles. The molecule has 106 valence electrons. The van der Waals surface area contributed by atoms with E-state index in [-0.39, 0.29) is 21.1 Å². The summed E-state index contributed by atoms with van der Waals surface area (Å²) in [4.78, 5) is 4.48. The summed E-state index contributed by atoms with van der Waals surface area (Å²) in [6, 6.07) is 25.4. The summed E-state index contributed by atoms with van der Waals surface area (Å²) in [5, 5.41) is 0. The minimum atomic E-state index is 0. The summed E-state index contributed by atoms with van der Waals surface area (Å²) in [5.74, 6) is 0. The van der Waals surface area contributed by atoms with Gasteiger partial charge >= 0.3 is 0 Å². The quantitative estimate of drug-likeness (QED) is 0.526. The van der Waals surface area contributed by atoms with Gasteiger partial charge in [0, 0.05) is 27.3 Å². The second kappa shape index (κ2) is 7.71. The van der Waals surface area contributed by atoms with Gasteiger partial charge in [-0.2, -0.15) is 0 Å². The van der Waals surface area contributed by atoms with E-state index < -0.39 is 0 Å². The number of rotatable bonds is 3. The molecule has 3 rings (SSSR count). The van der Waals surface area contributed by atoms with E-state index >= 15 is 0 Å². The van der Waals surface area contributed by atoms with Crippen molar-refractivity contribution in [2.45, 2.75) is 0 Å². The first kappa shape index (κ1) is 15.4. The van der Waals surface area contributed by atoms with E-state index in [1.807, 2.05) is 54.7 Å². The Labute approximate surface area is 139 Å². The van der Waals surface area contributed by atoms with Crippen molar-refractivity contribution in [1.82, 2.24) is 4.98 Å². The Bertz CT molecular complexity index is 689. The van der Waals surface area contributed by atoms with E-state index in [0.717, 1.165) is 16.8 Å². The van der Waals surface area contributed by atoms with Crippen LogP contribution in [0.15, 0.2) is 72.9 Å². The molecule has 0 amide bonds. The molecule has 1 nitrogen and oxygen atoms in total. The van der Waals surface area contributed by atoms with E-state index in [0.29, 0.717) is 0 Å². The minimum Gasteiger partial charge on any atom is -0.304 e. The van der Waals surface area contributed by atoms with Crippen LogP contribution < -0.4 is 0 Å². The van der Waals surface area contributed by atoms with Crippen molar-refractivity contribution in [3.8, 4) is 11.3 Å². The second-order valence-electron chi connectivity index (χ2n) is 4.50. The van der Waals surface area contributed by atoms with Gasteiger partial charge in [-0.3, -0.25) is 0 Å². The number of pyridine rings is 1. The molecular weight excluding hydrogens is 437 g/mol. The van der Waals surface area contributed by atoms with Gasteiger partial charge in [-0.25, -0.2) is 0 Å². The zero-order valence-corrected chi connectivity index (χ0v) is 13.6. The molecule has 0 unspecified atom stereocenters. The van der Waals surface area contributed by atoms with Gasteiger partial charge < -0.3 is 4.98 Å². The van der Waals surface area contributed by atoms with Crippen LogP contribution in [0.2, 0.25) is 0 Å². The maximum atomic E-state index is 4.48. The molecule has 0 saturated carbocycles. The minimum absolute atomic E-state index is 0. The summed E-state index contributed by atoms with van der Waals surface area (Å²) < 4.78 is 0. The molecule has 0 N–H and O–H groups in total. The molecule has 0 bridgehead atoms. The first-order chi connectivity index (χ1) is 9.92. The molecule has 2 aromatic carbocycles. The van der Waals surface area contributed by atoms with Gasteiger partial charge in [0.1, 0.15) is 0 Å². The molecule has 0 fully saturated rings. The molecule has 0 aliphatic carbocycles. The fraction of sp³-hybridized carbons (Fsp3) is 0. The summed E-state index contributed by atoms with van der Waals surface area (Å²) in [7, 11) is 0. The van der Waals surface area contributed by atoms with Crippen molar-refractivity contribution in [3.63, 3.8) is 0 Å². The molecule has 2 heteroatoms. The molecule has 21 heavy (non-hydrogen) atoms. The normalized spacial score (nSPS) is 10.3. The Balaban J connectivity index is 0.00000161. The van der Waals surface area contributed by atoms with Gasteiger partial charge in [0.15, 0.2) is 0 Å². The van der Waals surface area contributed by atoms with Crippen LogP contribution in [-0.4, -0.2) is 4.98 Å². The Hall–Kier alpha value is -1.98. The topological polar surface area (TPSA) is 12.9 Å². The van der Waals surface area contributed by atoms with E-state index in [4.69, 9.17) is 0 Å². The molecule has 0 atom stereocenters. The van der Waals surface area contributed by atoms with Gasteiger partial charge in [0.05, 0.1) is 0 Å². The fourth-order valence-corrected chi connectivity index (χ4v) is 1.97. The Morgan fingerprint density at radius 2 is 1.52 bits per heavy atom. The van der Waals surface area contributed by atoms with Crippen LogP contribution in [0.3, 0.4) is 0 Å². The van der Waals surface area contributed by atoms with E-state index in [2.05, 4.69) is 41.4 Å². The molecule has 0 saturated heterocycles. The molecule has 0 spiro atoms. The van der Waals surface area contributed by atoms with Crippen LogP contribution in [0.5, 0.6) is 0 Å². The van der Waals surface area contributed by atoms with E-state index in [1.54, 1.807) is 0 Å². The molecule has 1 aromatic heterocycles. The van der Waals surface area contributed by atoms with Crippen LogP contribution in [0, 0.1) is 6.07 Å². The average Bonchev–Trinajstić information content (AvgIpc) is 2.55. The number of nitrogens with zero attached hydrogens (tertiary/aromatic N) is 1. The van der Waals surface area contributed by atoms with Crippen LogP contribution in [0.1, 0.15) is 11.1 Å². The summed E-state index contributed by atoms with van der Waals surface area (Å²) in [5.41, 5.74) is 4.25. The number of aromatic nitrogens is 1. The Kier molecular flexibility index (Phi) is 5.66. The maximum Gasteiger partial charge on any atom is 0.0233 e. The maximum absolute atomic E-state index is 4.48. The molecular formula is C19H14NPt-.